The van der Waals surface area contributed by atoms with Crippen molar-refractivity contribution in [1.82, 2.24) is 0 Å². The lowest BCUT2D eigenvalue weighted by Gasteiger charge is -2.18. The highest BCUT2D eigenvalue weighted by Gasteiger charge is 2.41. The smallest absolute Gasteiger partial charge is 0.361 e. The first-order chi connectivity index (χ1) is 12.8. The molecule has 1 heterocycles. The number of hydrogen-bond donors (Lipinski definition) is 0. The Morgan fingerprint density at radius 3 is 2.19 bits per heavy atom. The number of rotatable bonds is 1. The molecule has 0 aliphatic carbocycles. The van der Waals surface area contributed by atoms with Gasteiger partial charge in [0.15, 0.2) is 0 Å². The highest BCUT2D eigenvalue weighted by molar-refractivity contribution is 6.54. The number of carbonyl (C=O) groups excluding carboxylic acids is 1. The van der Waals surface area contributed by atoms with Crippen molar-refractivity contribution in [2.24, 2.45) is 0 Å². The number of nitrogens with zero attached hydrogens (tertiary/aromatic N) is 3. The minimum absolute atomic E-state index is 0.0680. The van der Waals surface area contributed by atoms with Gasteiger partial charge in [-0.2, -0.15) is 4.79 Å². The molecule has 4 aromatic rings. The summed E-state index contributed by atoms with van der Waals surface area (Å²) in [7, 11) is 0. The minimum atomic E-state index is -0.325. The van der Waals surface area contributed by atoms with Gasteiger partial charge in [-0.15, -0.1) is 0 Å². The summed E-state index contributed by atoms with van der Waals surface area (Å²) in [5.74, 6) is -0.325. The first kappa shape index (κ1) is 14.6. The van der Waals surface area contributed by atoms with Crippen molar-refractivity contribution < 1.29 is 9.58 Å². The summed E-state index contributed by atoms with van der Waals surface area (Å²) in [4.78, 5) is 17.8. The molecule has 5 rings (SSSR count). The summed E-state index contributed by atoms with van der Waals surface area (Å²) in [5, 5.41) is 4.31. The Bertz CT molecular complexity index is 1270. The average molecular weight is 335 g/mol. The zero-order valence-electron chi connectivity index (χ0n) is 13.8. The molecule has 0 bridgehead atoms. The zero-order valence-corrected chi connectivity index (χ0v) is 13.8. The van der Waals surface area contributed by atoms with E-state index in [1.807, 2.05) is 48.5 Å². The average Bonchev–Trinajstić information content (AvgIpc) is 2.97. The second-order valence-electron chi connectivity index (χ2n) is 6.30. The Morgan fingerprint density at radius 2 is 1.38 bits per heavy atom. The standard InChI is InChI=1S/C22H13N3O/c23-24-21-17-9-3-4-10-19(17)25(22(21)26)20-11-5-8-16-12-14-6-1-2-7-15(14)13-18(16)20/h1-13H. The first-order valence-corrected chi connectivity index (χ1v) is 8.35. The van der Waals surface area contributed by atoms with E-state index in [9.17, 15) is 10.3 Å². The minimum Gasteiger partial charge on any atom is -0.361 e. The second kappa shape index (κ2) is 5.38. The van der Waals surface area contributed by atoms with Gasteiger partial charge in [0.05, 0.1) is 16.9 Å². The molecule has 0 atom stereocenters. The molecule has 0 saturated carbocycles. The summed E-state index contributed by atoms with van der Waals surface area (Å²) in [6.07, 6.45) is 0. The van der Waals surface area contributed by atoms with Gasteiger partial charge in [-0.1, -0.05) is 48.5 Å². The fourth-order valence-corrected chi connectivity index (χ4v) is 3.68. The molecule has 0 spiro atoms. The molecule has 4 aromatic carbocycles. The van der Waals surface area contributed by atoms with Crippen LogP contribution in [0, 0.1) is 0 Å². The first-order valence-electron chi connectivity index (χ1n) is 8.35. The quantitative estimate of drug-likeness (QED) is 0.283. The monoisotopic (exact) mass is 335 g/mol. The molecule has 4 nitrogen and oxygen atoms in total. The van der Waals surface area contributed by atoms with Crippen LogP contribution in [0.4, 0.5) is 11.4 Å². The van der Waals surface area contributed by atoms with Gasteiger partial charge in [-0.3, -0.25) is 9.69 Å². The maximum atomic E-state index is 12.9. The third kappa shape index (κ3) is 1.94. The van der Waals surface area contributed by atoms with Gasteiger partial charge in [-0.25, -0.2) is 0 Å². The lowest BCUT2D eigenvalue weighted by molar-refractivity contribution is -0.115. The van der Waals surface area contributed by atoms with Crippen LogP contribution >= 0.6 is 0 Å². The van der Waals surface area contributed by atoms with Crippen molar-refractivity contribution in [3.63, 3.8) is 0 Å². The predicted octanol–water partition coefficient (Wildman–Crippen LogP) is 4.69. The molecule has 4 heteroatoms. The van der Waals surface area contributed by atoms with Crippen LogP contribution in [0.3, 0.4) is 0 Å². The van der Waals surface area contributed by atoms with Crippen molar-refractivity contribution in [2.45, 2.75) is 0 Å². The molecule has 0 unspecified atom stereocenters. The van der Waals surface area contributed by atoms with Gasteiger partial charge in [0.2, 0.25) is 0 Å². The normalized spacial score (nSPS) is 13.3. The van der Waals surface area contributed by atoms with Crippen molar-refractivity contribution in [3.05, 3.63) is 90.0 Å². The summed E-state index contributed by atoms with van der Waals surface area (Å²) in [5.41, 5.74) is 11.6. The fourth-order valence-electron chi connectivity index (χ4n) is 3.68. The largest absolute Gasteiger partial charge is 0.389 e. The van der Waals surface area contributed by atoms with Crippen LogP contribution in [0.5, 0.6) is 0 Å². The molecule has 0 N–H and O–H groups in total. The number of hydrogen-bond acceptors (Lipinski definition) is 1. The second-order valence-corrected chi connectivity index (χ2v) is 6.30. The highest BCUT2D eigenvalue weighted by atomic mass is 16.2. The maximum absolute atomic E-state index is 12.9. The van der Waals surface area contributed by atoms with E-state index in [1.54, 1.807) is 11.0 Å². The Kier molecular flexibility index (Phi) is 3.02. The van der Waals surface area contributed by atoms with Gasteiger partial charge >= 0.3 is 11.6 Å². The third-order valence-electron chi connectivity index (χ3n) is 4.87. The molecule has 1 aliphatic heterocycles. The Labute approximate surface area is 149 Å². The lowest BCUT2D eigenvalue weighted by atomic mass is 10.0. The lowest BCUT2D eigenvalue weighted by Crippen LogP contribution is -2.26. The van der Waals surface area contributed by atoms with Crippen LogP contribution in [0.2, 0.25) is 0 Å². The molecule has 26 heavy (non-hydrogen) atoms. The van der Waals surface area contributed by atoms with E-state index in [2.05, 4.69) is 29.1 Å². The van der Waals surface area contributed by atoms with E-state index in [0.29, 0.717) is 5.56 Å². The van der Waals surface area contributed by atoms with Crippen LogP contribution in [0.15, 0.2) is 78.9 Å². The van der Waals surface area contributed by atoms with Gasteiger partial charge in [-0.05, 0) is 46.5 Å². The zero-order chi connectivity index (χ0) is 17.7. The summed E-state index contributed by atoms with van der Waals surface area (Å²) < 4.78 is 0. The molecule has 1 amide bonds. The van der Waals surface area contributed by atoms with E-state index in [1.165, 1.54) is 0 Å². The van der Waals surface area contributed by atoms with Crippen LogP contribution in [-0.4, -0.2) is 16.4 Å². The van der Waals surface area contributed by atoms with Gasteiger partial charge in [0, 0.05) is 5.39 Å². The number of para-hydroxylation sites is 1. The SMILES string of the molecule is [N-]=[N+]=C1C(=O)N(c2cccc3cc4ccccc4cc23)c2ccccc21. The van der Waals surface area contributed by atoms with Gasteiger partial charge in [0.25, 0.3) is 0 Å². The molecule has 0 saturated heterocycles. The summed E-state index contributed by atoms with van der Waals surface area (Å²) in [6.45, 7) is 0. The van der Waals surface area contributed by atoms with Crippen LogP contribution in [-0.2, 0) is 4.79 Å². The maximum Gasteiger partial charge on any atom is 0.389 e. The Hall–Kier alpha value is -3.75. The number of fused-ring (bicyclic) bond motifs is 3. The van der Waals surface area contributed by atoms with Crippen molar-refractivity contribution in [2.75, 3.05) is 4.90 Å². The fraction of sp³-hybridized carbons (Fsp3) is 0. The molecule has 1 aliphatic rings. The predicted molar refractivity (Wildman–Crippen MR) is 103 cm³/mol. The number of anilines is 2. The highest BCUT2D eigenvalue weighted by Crippen LogP contribution is 2.39. The van der Waals surface area contributed by atoms with Crippen LogP contribution < -0.4 is 4.90 Å². The number of benzene rings is 4. The molecular weight excluding hydrogens is 322 g/mol. The molecule has 0 fully saturated rings. The van der Waals surface area contributed by atoms with E-state index in [0.717, 1.165) is 32.9 Å². The third-order valence-corrected chi connectivity index (χ3v) is 4.87. The van der Waals surface area contributed by atoms with Crippen molar-refractivity contribution in [1.29, 1.82) is 0 Å². The molecule has 0 radical (unpaired) electrons. The van der Waals surface area contributed by atoms with E-state index in [-0.39, 0.29) is 11.6 Å². The van der Waals surface area contributed by atoms with Crippen molar-refractivity contribution >= 4 is 44.5 Å². The van der Waals surface area contributed by atoms with E-state index >= 15 is 0 Å². The number of carbonyl (C=O) groups is 1. The van der Waals surface area contributed by atoms with Gasteiger partial charge in [0.1, 0.15) is 0 Å². The van der Waals surface area contributed by atoms with Crippen molar-refractivity contribution in [3.8, 4) is 0 Å². The number of amides is 1. The molecule has 122 valence electrons. The Morgan fingerprint density at radius 1 is 0.731 bits per heavy atom. The van der Waals surface area contributed by atoms with Crippen LogP contribution in [0.1, 0.15) is 5.56 Å². The van der Waals surface area contributed by atoms with Crippen LogP contribution in [0.25, 0.3) is 27.1 Å². The summed E-state index contributed by atoms with van der Waals surface area (Å²) >= 11 is 0. The van der Waals surface area contributed by atoms with Gasteiger partial charge < -0.3 is 5.53 Å². The summed E-state index contributed by atoms with van der Waals surface area (Å²) in [6, 6.07) is 25.7. The molecular formula is C22H13N3O. The Balaban J connectivity index is 1.83. The van der Waals surface area contributed by atoms with E-state index < -0.39 is 0 Å². The topological polar surface area (TPSA) is 56.7 Å². The molecule has 0 aromatic heterocycles. The van der Waals surface area contributed by atoms with E-state index in [4.69, 9.17) is 0 Å².